The van der Waals surface area contributed by atoms with Gasteiger partial charge in [0.25, 0.3) is 0 Å². The molecule has 0 saturated carbocycles. The lowest BCUT2D eigenvalue weighted by Crippen LogP contribution is -2.27. The number of hydrazone groups is 1. The second-order valence-corrected chi connectivity index (χ2v) is 4.97. The van der Waals surface area contributed by atoms with Crippen molar-refractivity contribution in [1.82, 2.24) is 5.43 Å². The van der Waals surface area contributed by atoms with Gasteiger partial charge < -0.3 is 17.2 Å². The molecule has 0 amide bonds. The molecule has 0 aromatic heterocycles. The van der Waals surface area contributed by atoms with Crippen molar-refractivity contribution in [2.75, 3.05) is 0 Å². The molecule has 0 aliphatic heterocycles. The molecule has 0 aromatic rings. The number of guanidine groups is 1. The first-order valence-corrected chi connectivity index (χ1v) is 5.51. The van der Waals surface area contributed by atoms with Crippen LogP contribution in [-0.4, -0.2) is 14.6 Å². The lowest BCUT2D eigenvalue weighted by molar-refractivity contribution is 1.05. The van der Waals surface area contributed by atoms with Gasteiger partial charge in [-0.25, -0.2) is 0 Å². The van der Waals surface area contributed by atoms with Crippen LogP contribution in [0.15, 0.2) is 5.10 Å². The number of rotatable bonds is 1. The number of hydrogen-bond donors (Lipinski definition) is 4. The van der Waals surface area contributed by atoms with Crippen molar-refractivity contribution in [3.8, 4) is 0 Å². The summed E-state index contributed by atoms with van der Waals surface area (Å²) in [6.45, 7) is 0. The van der Waals surface area contributed by atoms with E-state index in [1.54, 1.807) is 0 Å². The molecule has 68 valence electrons. The van der Waals surface area contributed by atoms with Crippen molar-refractivity contribution < 1.29 is 0 Å². The fraction of sp³-hybridized carbons (Fsp3) is 0. The van der Waals surface area contributed by atoms with E-state index < -0.39 is 0 Å². The zero-order chi connectivity index (χ0) is 9.56. The van der Waals surface area contributed by atoms with E-state index in [1.807, 2.05) is 0 Å². The molecule has 0 bridgehead atoms. The highest BCUT2D eigenvalue weighted by Gasteiger charge is 1.97. The van der Waals surface area contributed by atoms with Gasteiger partial charge in [-0.2, -0.15) is 0 Å². The van der Waals surface area contributed by atoms with Crippen LogP contribution < -0.4 is 22.6 Å². The number of hydrogen-bond acceptors (Lipinski definition) is 5. The molecule has 0 heterocycles. The Labute approximate surface area is 88.3 Å². The van der Waals surface area contributed by atoms with Crippen molar-refractivity contribution >= 4 is 60.6 Å². The van der Waals surface area contributed by atoms with Crippen LogP contribution in [0.3, 0.4) is 0 Å². The van der Waals surface area contributed by atoms with Crippen LogP contribution in [0, 0.1) is 0 Å². The lowest BCUT2D eigenvalue weighted by atomic mass is 11.1. The molecule has 0 aliphatic carbocycles. The largest absolute Gasteiger partial charge is 0.384 e. The molecule has 0 aromatic carbocycles. The number of nitrogens with one attached hydrogen (secondary N) is 1. The van der Waals surface area contributed by atoms with Crippen LogP contribution in [0.2, 0.25) is 0 Å². The monoisotopic (exact) mass is 241 g/mol. The molecular weight excluding hydrogens is 234 g/mol. The Hall–Kier alpha value is -0.250. The zero-order valence-electron chi connectivity index (χ0n) is 5.81. The molecule has 7 N–H and O–H groups in total. The second-order valence-electron chi connectivity index (χ2n) is 1.42. The topological polar surface area (TPSA) is 102 Å². The van der Waals surface area contributed by atoms with E-state index in [1.165, 1.54) is 10.8 Å². The van der Waals surface area contributed by atoms with E-state index in [0.717, 1.165) is 10.8 Å². The van der Waals surface area contributed by atoms with E-state index in [9.17, 15) is 0 Å². The minimum Gasteiger partial charge on any atom is -0.384 e. The Morgan fingerprint density at radius 1 is 1.17 bits per heavy atom. The van der Waals surface area contributed by atoms with Gasteiger partial charge in [0.05, 0.1) is 0 Å². The average molecular weight is 241 g/mol. The van der Waals surface area contributed by atoms with Crippen molar-refractivity contribution in [3.63, 3.8) is 0 Å². The summed E-state index contributed by atoms with van der Waals surface area (Å²) in [6, 6.07) is 0. The molecule has 0 saturated heterocycles. The Balaban J connectivity index is 3.61. The molecule has 5 nitrogen and oxygen atoms in total. The molecular formula is C3H7N5S4. The first-order valence-electron chi connectivity index (χ1n) is 2.55. The smallest absolute Gasteiger partial charge is 0.208 e. The molecule has 9 heteroatoms. The van der Waals surface area contributed by atoms with E-state index in [4.69, 9.17) is 29.4 Å². The molecule has 0 radical (unpaired) electrons. The van der Waals surface area contributed by atoms with Gasteiger partial charge in [0.1, 0.15) is 4.32 Å². The summed E-state index contributed by atoms with van der Waals surface area (Å²) >= 11 is 9.39. The molecule has 0 rings (SSSR count). The Morgan fingerprint density at radius 2 is 1.75 bits per heavy atom. The summed E-state index contributed by atoms with van der Waals surface area (Å²) in [5.41, 5.74) is 17.7. The maximum atomic E-state index is 5.20. The van der Waals surface area contributed by atoms with Crippen molar-refractivity contribution in [1.29, 1.82) is 0 Å². The minimum atomic E-state index is -0.0849. The Morgan fingerprint density at radius 3 is 2.17 bits per heavy atom. The summed E-state index contributed by atoms with van der Waals surface area (Å²) < 4.78 is 0.690. The van der Waals surface area contributed by atoms with Gasteiger partial charge >= 0.3 is 0 Å². The van der Waals surface area contributed by atoms with Crippen LogP contribution >= 0.6 is 46.0 Å². The van der Waals surface area contributed by atoms with Crippen molar-refractivity contribution in [2.45, 2.75) is 0 Å². The highest BCUT2D eigenvalue weighted by molar-refractivity contribution is 8.89. The average Bonchev–Trinajstić information content (AvgIpc) is 1.96. The predicted octanol–water partition coefficient (Wildman–Crippen LogP) is -0.326. The summed E-state index contributed by atoms with van der Waals surface area (Å²) in [5, 5.41) is 3.47. The van der Waals surface area contributed by atoms with E-state index in [0.29, 0.717) is 8.64 Å². The van der Waals surface area contributed by atoms with Gasteiger partial charge in [0.2, 0.25) is 5.96 Å². The standard InChI is InChI=1S/C3H7N5S4/c4-1(5)7-8-3(10)12-11-2(6)9/h(H2,6,9)(H,8,10)(H4,4,5,7). The van der Waals surface area contributed by atoms with Crippen molar-refractivity contribution in [3.05, 3.63) is 0 Å². The van der Waals surface area contributed by atoms with Crippen LogP contribution in [0.5, 0.6) is 0 Å². The first-order chi connectivity index (χ1) is 5.52. The fourth-order valence-electron chi connectivity index (χ4n) is 0.208. The summed E-state index contributed by atoms with van der Waals surface area (Å²) in [6.07, 6.45) is 0. The van der Waals surface area contributed by atoms with Crippen LogP contribution in [0.25, 0.3) is 0 Å². The number of nitrogens with zero attached hydrogens (tertiary/aromatic N) is 1. The highest BCUT2D eigenvalue weighted by atomic mass is 33.1. The zero-order valence-corrected chi connectivity index (χ0v) is 9.08. The maximum absolute atomic E-state index is 5.20. The molecule has 12 heavy (non-hydrogen) atoms. The van der Waals surface area contributed by atoms with Crippen molar-refractivity contribution in [2.24, 2.45) is 22.3 Å². The fourth-order valence-corrected chi connectivity index (χ4v) is 1.69. The van der Waals surface area contributed by atoms with Crippen LogP contribution in [-0.2, 0) is 0 Å². The molecule has 0 fully saturated rings. The van der Waals surface area contributed by atoms with E-state index in [2.05, 4.69) is 22.7 Å². The van der Waals surface area contributed by atoms with Gasteiger partial charge in [-0.15, -0.1) is 5.10 Å². The first kappa shape index (κ1) is 11.8. The van der Waals surface area contributed by atoms with Gasteiger partial charge in [-0.1, -0.05) is 24.4 Å². The van der Waals surface area contributed by atoms with Gasteiger partial charge in [0, 0.05) is 0 Å². The third-order valence-corrected chi connectivity index (χ3v) is 3.48. The Bertz CT molecular complexity index is 209. The molecule has 0 unspecified atom stereocenters. The van der Waals surface area contributed by atoms with Crippen LogP contribution in [0.4, 0.5) is 0 Å². The Kier molecular flexibility index (Phi) is 6.16. The summed E-state index contributed by atoms with van der Waals surface area (Å²) in [4.78, 5) is 0. The van der Waals surface area contributed by atoms with E-state index in [-0.39, 0.29) is 5.96 Å². The lowest BCUT2D eigenvalue weighted by Gasteiger charge is -1.99. The maximum Gasteiger partial charge on any atom is 0.208 e. The highest BCUT2D eigenvalue weighted by Crippen LogP contribution is 2.21. The summed E-state index contributed by atoms with van der Waals surface area (Å²) in [5.74, 6) is -0.0849. The third-order valence-electron chi connectivity index (χ3n) is 0.476. The van der Waals surface area contributed by atoms with Gasteiger partial charge in [-0.3, -0.25) is 5.43 Å². The normalized spacial score (nSPS) is 8.67. The molecule has 0 spiro atoms. The predicted molar refractivity (Wildman–Crippen MR) is 63.5 cm³/mol. The van der Waals surface area contributed by atoms with Gasteiger partial charge in [0.15, 0.2) is 4.32 Å². The molecule has 0 atom stereocenters. The van der Waals surface area contributed by atoms with Crippen LogP contribution in [0.1, 0.15) is 0 Å². The SMILES string of the molecule is NC(=S)SSC(=S)NN=C(N)N. The van der Waals surface area contributed by atoms with Gasteiger partial charge in [-0.05, 0) is 21.6 Å². The summed E-state index contributed by atoms with van der Waals surface area (Å²) in [7, 11) is 2.34. The van der Waals surface area contributed by atoms with E-state index >= 15 is 0 Å². The number of nitrogens with two attached hydrogens (primary N) is 3. The third kappa shape index (κ3) is 7.85. The minimum absolute atomic E-state index is 0.0849. The second kappa shape index (κ2) is 6.29. The quantitative estimate of drug-likeness (QED) is 0.163. The number of thiocarbonyl (C=S) groups is 2. The molecule has 0 aliphatic rings.